The van der Waals surface area contributed by atoms with E-state index in [-0.39, 0.29) is 17.7 Å². The van der Waals surface area contributed by atoms with Gasteiger partial charge in [0.15, 0.2) is 0 Å². The van der Waals surface area contributed by atoms with Crippen molar-refractivity contribution in [3.8, 4) is 0 Å². The maximum absolute atomic E-state index is 12.9. The lowest BCUT2D eigenvalue weighted by Gasteiger charge is -2.20. The summed E-state index contributed by atoms with van der Waals surface area (Å²) < 4.78 is 0. The Kier molecular flexibility index (Phi) is 3.87. The van der Waals surface area contributed by atoms with Crippen LogP contribution in [0.2, 0.25) is 0 Å². The summed E-state index contributed by atoms with van der Waals surface area (Å²) >= 11 is 0. The van der Waals surface area contributed by atoms with Crippen molar-refractivity contribution in [2.45, 2.75) is 18.8 Å². The van der Waals surface area contributed by atoms with Gasteiger partial charge in [0.2, 0.25) is 5.91 Å². The lowest BCUT2D eigenvalue weighted by atomic mass is 10.1. The van der Waals surface area contributed by atoms with E-state index in [1.54, 1.807) is 6.07 Å². The molecular formula is C17H20N6O2. The number of aromatic nitrogens is 3. The first-order valence-corrected chi connectivity index (χ1v) is 8.41. The molecule has 1 atom stereocenters. The fourth-order valence-corrected chi connectivity index (χ4v) is 3.47. The Bertz CT molecular complexity index is 803. The number of likely N-dealkylation sites (tertiary alicyclic amines) is 1. The normalized spacial score (nSPS) is 20.2. The van der Waals surface area contributed by atoms with E-state index in [0.717, 1.165) is 17.9 Å². The summed E-state index contributed by atoms with van der Waals surface area (Å²) in [5, 5.41) is 9.66. The van der Waals surface area contributed by atoms with E-state index < -0.39 is 0 Å². The van der Waals surface area contributed by atoms with Crippen LogP contribution >= 0.6 is 0 Å². The Morgan fingerprint density at radius 1 is 1.32 bits per heavy atom. The van der Waals surface area contributed by atoms with E-state index in [1.165, 1.54) is 6.33 Å². The van der Waals surface area contributed by atoms with Crippen LogP contribution in [0.25, 0.3) is 0 Å². The van der Waals surface area contributed by atoms with E-state index >= 15 is 0 Å². The molecule has 0 radical (unpaired) electrons. The average Bonchev–Trinajstić information content (AvgIpc) is 3.27. The summed E-state index contributed by atoms with van der Waals surface area (Å²) in [6.45, 7) is 1.97. The first-order chi connectivity index (χ1) is 12.1. The molecule has 1 fully saturated rings. The van der Waals surface area contributed by atoms with E-state index in [2.05, 4.69) is 20.5 Å². The number of aromatic amines is 1. The molecule has 2 aliphatic rings. The summed E-state index contributed by atoms with van der Waals surface area (Å²) in [5.41, 5.74) is 2.22. The molecule has 2 N–H and O–H groups in total. The van der Waals surface area contributed by atoms with Crippen molar-refractivity contribution in [3.63, 3.8) is 0 Å². The highest BCUT2D eigenvalue weighted by molar-refractivity contribution is 6.01. The molecule has 0 spiro atoms. The van der Waals surface area contributed by atoms with Gasteiger partial charge in [-0.3, -0.25) is 14.7 Å². The number of nitrogens with one attached hydrogen (secondary N) is 2. The lowest BCUT2D eigenvalue weighted by molar-refractivity contribution is -0.115. The van der Waals surface area contributed by atoms with Crippen molar-refractivity contribution in [2.24, 2.45) is 0 Å². The van der Waals surface area contributed by atoms with Gasteiger partial charge in [-0.05, 0) is 24.6 Å². The van der Waals surface area contributed by atoms with Crippen LogP contribution in [0.4, 0.5) is 11.4 Å². The third-order valence-electron chi connectivity index (χ3n) is 4.90. The number of nitrogens with zero attached hydrogens (tertiary/aromatic N) is 4. The van der Waals surface area contributed by atoms with Gasteiger partial charge >= 0.3 is 0 Å². The third kappa shape index (κ3) is 2.95. The van der Waals surface area contributed by atoms with Gasteiger partial charge < -0.3 is 15.1 Å². The van der Waals surface area contributed by atoms with Crippen LogP contribution in [0.3, 0.4) is 0 Å². The van der Waals surface area contributed by atoms with E-state index in [1.807, 2.05) is 29.0 Å². The summed E-state index contributed by atoms with van der Waals surface area (Å²) in [7, 11) is 1.95. The predicted octanol–water partition coefficient (Wildman–Crippen LogP) is 1.21. The molecule has 0 bridgehead atoms. The number of hydrogen-bond acceptors (Lipinski definition) is 5. The summed E-state index contributed by atoms with van der Waals surface area (Å²) in [5.74, 6) is 0.969. The zero-order valence-corrected chi connectivity index (χ0v) is 14.0. The SMILES string of the molecule is CN1CCC(=O)Nc2cc(C(=O)N3CCC(c4ncn[nH]4)C3)ccc21. The summed E-state index contributed by atoms with van der Waals surface area (Å²) in [4.78, 5) is 32.8. The van der Waals surface area contributed by atoms with Crippen LogP contribution < -0.4 is 10.2 Å². The minimum Gasteiger partial charge on any atom is -0.372 e. The fourth-order valence-electron chi connectivity index (χ4n) is 3.47. The molecule has 2 aromatic rings. The highest BCUT2D eigenvalue weighted by Crippen LogP contribution is 2.31. The molecule has 2 amide bonds. The second-order valence-electron chi connectivity index (χ2n) is 6.56. The minimum absolute atomic E-state index is 0.0223. The highest BCUT2D eigenvalue weighted by Gasteiger charge is 2.30. The van der Waals surface area contributed by atoms with Gasteiger partial charge in [0.05, 0.1) is 11.4 Å². The van der Waals surface area contributed by atoms with Crippen LogP contribution in [0.15, 0.2) is 24.5 Å². The van der Waals surface area contributed by atoms with Crippen LogP contribution in [-0.4, -0.2) is 58.6 Å². The molecule has 8 heteroatoms. The van der Waals surface area contributed by atoms with E-state index in [4.69, 9.17) is 0 Å². The molecule has 130 valence electrons. The maximum Gasteiger partial charge on any atom is 0.253 e. The first-order valence-electron chi connectivity index (χ1n) is 8.41. The molecule has 25 heavy (non-hydrogen) atoms. The van der Waals surface area contributed by atoms with Crippen molar-refractivity contribution >= 4 is 23.2 Å². The van der Waals surface area contributed by atoms with Crippen molar-refractivity contribution in [1.82, 2.24) is 20.1 Å². The number of rotatable bonds is 2. The predicted molar refractivity (Wildman–Crippen MR) is 92.6 cm³/mol. The standard InChI is InChI=1S/C17H20N6O2/c1-22-6-5-15(24)20-13-8-11(2-3-14(13)22)17(25)23-7-4-12(9-23)16-18-10-19-21-16/h2-3,8,10,12H,4-7,9H2,1H3,(H,20,24)(H,18,19,21). The largest absolute Gasteiger partial charge is 0.372 e. The molecule has 1 unspecified atom stereocenters. The topological polar surface area (TPSA) is 94.2 Å². The third-order valence-corrected chi connectivity index (χ3v) is 4.90. The Morgan fingerprint density at radius 3 is 3.00 bits per heavy atom. The Balaban J connectivity index is 1.54. The Morgan fingerprint density at radius 2 is 2.20 bits per heavy atom. The van der Waals surface area contributed by atoms with Crippen molar-refractivity contribution < 1.29 is 9.59 Å². The number of carbonyl (C=O) groups excluding carboxylic acids is 2. The average molecular weight is 340 g/mol. The van der Waals surface area contributed by atoms with Gasteiger partial charge in [-0.15, -0.1) is 0 Å². The number of fused-ring (bicyclic) bond motifs is 1. The second-order valence-corrected chi connectivity index (χ2v) is 6.56. The number of carbonyl (C=O) groups is 2. The lowest BCUT2D eigenvalue weighted by Crippen LogP contribution is -2.28. The highest BCUT2D eigenvalue weighted by atomic mass is 16.2. The number of H-pyrrole nitrogens is 1. The molecule has 3 heterocycles. The molecule has 1 saturated heterocycles. The molecule has 2 aliphatic heterocycles. The van der Waals surface area contributed by atoms with E-state index in [9.17, 15) is 9.59 Å². The monoisotopic (exact) mass is 340 g/mol. The number of benzene rings is 1. The van der Waals surface area contributed by atoms with Gasteiger partial charge in [0, 0.05) is 44.6 Å². The fraction of sp³-hybridized carbons (Fsp3) is 0.412. The van der Waals surface area contributed by atoms with Crippen LogP contribution in [0, 0.1) is 0 Å². The van der Waals surface area contributed by atoms with Crippen molar-refractivity contribution in [2.75, 3.05) is 36.9 Å². The van der Waals surface area contributed by atoms with Crippen LogP contribution in [-0.2, 0) is 4.79 Å². The van der Waals surface area contributed by atoms with Gasteiger partial charge in [0.25, 0.3) is 5.91 Å². The summed E-state index contributed by atoms with van der Waals surface area (Å²) in [6.07, 6.45) is 2.80. The zero-order chi connectivity index (χ0) is 17.4. The van der Waals surface area contributed by atoms with Crippen molar-refractivity contribution in [1.29, 1.82) is 0 Å². The molecule has 0 aliphatic carbocycles. The van der Waals surface area contributed by atoms with Crippen molar-refractivity contribution in [3.05, 3.63) is 35.9 Å². The maximum atomic E-state index is 12.9. The number of hydrogen-bond donors (Lipinski definition) is 2. The van der Waals surface area contributed by atoms with E-state index in [0.29, 0.717) is 37.3 Å². The van der Waals surface area contributed by atoms with Crippen LogP contribution in [0.1, 0.15) is 34.9 Å². The zero-order valence-electron chi connectivity index (χ0n) is 14.0. The molecule has 4 rings (SSSR count). The number of amides is 2. The molecule has 1 aromatic heterocycles. The van der Waals surface area contributed by atoms with Gasteiger partial charge in [0.1, 0.15) is 12.2 Å². The van der Waals surface area contributed by atoms with Gasteiger partial charge in [-0.25, -0.2) is 4.98 Å². The van der Waals surface area contributed by atoms with Gasteiger partial charge in [-0.2, -0.15) is 5.10 Å². The molecule has 1 aromatic carbocycles. The molecule has 0 saturated carbocycles. The first kappa shape index (κ1) is 15.6. The van der Waals surface area contributed by atoms with Gasteiger partial charge in [-0.1, -0.05) is 0 Å². The number of anilines is 2. The second kappa shape index (κ2) is 6.19. The Hall–Kier alpha value is -2.90. The smallest absolute Gasteiger partial charge is 0.253 e. The quantitative estimate of drug-likeness (QED) is 0.857. The molecule has 8 nitrogen and oxygen atoms in total. The Labute approximate surface area is 145 Å². The summed E-state index contributed by atoms with van der Waals surface area (Å²) in [6, 6.07) is 5.51. The molecular weight excluding hydrogens is 320 g/mol. The van der Waals surface area contributed by atoms with Crippen LogP contribution in [0.5, 0.6) is 0 Å². The minimum atomic E-state index is -0.0262.